The van der Waals surface area contributed by atoms with Crippen molar-refractivity contribution in [3.8, 4) is 0 Å². The number of nitrogens with one attached hydrogen (secondary N) is 1. The predicted molar refractivity (Wildman–Crippen MR) is 41.8 cm³/mol. The average molecular weight is 175 g/mol. The lowest BCUT2D eigenvalue weighted by molar-refractivity contribution is -0.149. The molecule has 0 aliphatic heterocycles. The molecule has 0 radical (unpaired) electrons. The van der Waals surface area contributed by atoms with Crippen LogP contribution in [0.2, 0.25) is 0 Å². The van der Waals surface area contributed by atoms with Crippen LogP contribution in [0.25, 0.3) is 0 Å². The van der Waals surface area contributed by atoms with Crippen molar-refractivity contribution in [3.05, 3.63) is 0 Å². The van der Waals surface area contributed by atoms with E-state index in [0.717, 1.165) is 0 Å². The zero-order chi connectivity index (χ0) is 9.72. The summed E-state index contributed by atoms with van der Waals surface area (Å²) in [5.41, 5.74) is 0. The van der Waals surface area contributed by atoms with Gasteiger partial charge in [0.25, 0.3) is 0 Å². The number of carboxylic acid groups (broad SMARTS) is 1. The molecule has 0 aromatic carbocycles. The van der Waals surface area contributed by atoms with Gasteiger partial charge in [-0.3, -0.25) is 0 Å². The molecule has 70 valence electrons. The Bertz CT molecular complexity index is 178. The van der Waals surface area contributed by atoms with Crippen molar-refractivity contribution < 1.29 is 19.4 Å². The average Bonchev–Trinajstić information content (AvgIpc) is 1.98. The number of carbonyl (C=O) groups excluding carboxylic acids is 1. The van der Waals surface area contributed by atoms with E-state index in [2.05, 4.69) is 10.1 Å². The Kier molecular flexibility index (Phi) is 4.10. The number of amides is 1. The number of hydrogen-bond acceptors (Lipinski definition) is 3. The molecule has 0 spiro atoms. The van der Waals surface area contributed by atoms with Gasteiger partial charge in [0.05, 0.1) is 0 Å². The summed E-state index contributed by atoms with van der Waals surface area (Å²) in [6, 6.07) is 0. The van der Waals surface area contributed by atoms with E-state index in [0.29, 0.717) is 0 Å². The highest BCUT2D eigenvalue weighted by Crippen LogP contribution is 2.06. The molecular weight excluding hydrogens is 162 g/mol. The molecule has 0 saturated heterocycles. The molecule has 0 aromatic rings. The maximum Gasteiger partial charge on any atom is 0.407 e. The molecule has 1 atom stereocenters. The second-order valence-electron chi connectivity index (χ2n) is 2.66. The number of hydrogen-bond donors (Lipinski definition) is 2. The zero-order valence-electron chi connectivity index (χ0n) is 7.33. The molecule has 5 heteroatoms. The number of carboxylic acids is 1. The van der Waals surface area contributed by atoms with Crippen LogP contribution < -0.4 is 5.32 Å². The number of alkyl carbamates (subject to hydrolysis) is 1. The van der Waals surface area contributed by atoms with Gasteiger partial charge in [0.15, 0.2) is 0 Å². The maximum absolute atomic E-state index is 10.6. The van der Waals surface area contributed by atoms with Crippen molar-refractivity contribution in [3.63, 3.8) is 0 Å². The Hall–Kier alpha value is -1.26. The van der Waals surface area contributed by atoms with Gasteiger partial charge in [-0.1, -0.05) is 13.8 Å². The minimum atomic E-state index is -1.13. The van der Waals surface area contributed by atoms with Crippen LogP contribution in [0.3, 0.4) is 0 Å². The summed E-state index contributed by atoms with van der Waals surface area (Å²) in [7, 11) is 1.38. The fourth-order valence-electron chi connectivity index (χ4n) is 0.646. The summed E-state index contributed by atoms with van der Waals surface area (Å²) in [6.07, 6.45) is -1.80. The molecule has 0 rings (SSSR count). The van der Waals surface area contributed by atoms with Crippen LogP contribution in [0.1, 0.15) is 13.8 Å². The fraction of sp³-hybridized carbons (Fsp3) is 0.714. The first-order valence-electron chi connectivity index (χ1n) is 3.60. The number of carbonyl (C=O) groups is 2. The molecule has 0 fully saturated rings. The first-order chi connectivity index (χ1) is 5.49. The van der Waals surface area contributed by atoms with E-state index in [1.54, 1.807) is 13.8 Å². The smallest absolute Gasteiger partial charge is 0.407 e. The molecule has 0 heterocycles. The van der Waals surface area contributed by atoms with Crippen molar-refractivity contribution >= 4 is 12.1 Å². The van der Waals surface area contributed by atoms with Gasteiger partial charge in [-0.05, 0) is 0 Å². The molecule has 5 nitrogen and oxygen atoms in total. The summed E-state index contributed by atoms with van der Waals surface area (Å²) in [5.74, 6) is -1.37. The van der Waals surface area contributed by atoms with Crippen LogP contribution >= 0.6 is 0 Å². The van der Waals surface area contributed by atoms with E-state index >= 15 is 0 Å². The molecule has 0 aromatic heterocycles. The van der Waals surface area contributed by atoms with Crippen LogP contribution in [0.5, 0.6) is 0 Å². The standard InChI is InChI=1S/C7H13NO4/c1-4(2)5(6(9)10)12-7(11)8-3/h4-5H,1-3H3,(H,8,11)(H,9,10). The van der Waals surface area contributed by atoms with Gasteiger partial charge in [-0.2, -0.15) is 0 Å². The quantitative estimate of drug-likeness (QED) is 0.653. The first kappa shape index (κ1) is 10.7. The highest BCUT2D eigenvalue weighted by molar-refractivity contribution is 5.77. The molecular formula is C7H13NO4. The van der Waals surface area contributed by atoms with E-state index in [-0.39, 0.29) is 5.92 Å². The van der Waals surface area contributed by atoms with Crippen LogP contribution in [-0.4, -0.2) is 30.3 Å². The van der Waals surface area contributed by atoms with Crippen molar-refractivity contribution in [1.29, 1.82) is 0 Å². The third-order valence-electron chi connectivity index (χ3n) is 1.29. The van der Waals surface area contributed by atoms with Crippen LogP contribution in [-0.2, 0) is 9.53 Å². The topological polar surface area (TPSA) is 75.6 Å². The van der Waals surface area contributed by atoms with Gasteiger partial charge in [0.2, 0.25) is 6.10 Å². The largest absolute Gasteiger partial charge is 0.478 e. The van der Waals surface area contributed by atoms with E-state index in [4.69, 9.17) is 5.11 Å². The summed E-state index contributed by atoms with van der Waals surface area (Å²) < 4.78 is 4.57. The Morgan fingerprint density at radius 3 is 2.17 bits per heavy atom. The van der Waals surface area contributed by atoms with E-state index < -0.39 is 18.2 Å². The lowest BCUT2D eigenvalue weighted by Gasteiger charge is -2.16. The number of aliphatic carboxylic acids is 1. The lowest BCUT2D eigenvalue weighted by atomic mass is 10.1. The molecule has 12 heavy (non-hydrogen) atoms. The lowest BCUT2D eigenvalue weighted by Crippen LogP contribution is -2.35. The van der Waals surface area contributed by atoms with Crippen molar-refractivity contribution in [2.24, 2.45) is 5.92 Å². The number of rotatable bonds is 3. The van der Waals surface area contributed by atoms with Gasteiger partial charge in [0.1, 0.15) is 0 Å². The normalized spacial score (nSPS) is 12.3. The second kappa shape index (κ2) is 4.58. The van der Waals surface area contributed by atoms with Gasteiger partial charge in [0, 0.05) is 13.0 Å². The number of ether oxygens (including phenoxy) is 1. The fourth-order valence-corrected chi connectivity index (χ4v) is 0.646. The molecule has 0 aliphatic carbocycles. The van der Waals surface area contributed by atoms with E-state index in [1.165, 1.54) is 7.05 Å². The predicted octanol–water partition coefficient (Wildman–Crippen LogP) is 0.452. The molecule has 1 unspecified atom stereocenters. The Morgan fingerprint density at radius 1 is 1.42 bits per heavy atom. The maximum atomic E-state index is 10.6. The van der Waals surface area contributed by atoms with E-state index in [9.17, 15) is 9.59 Å². The Labute approximate surface area is 70.7 Å². The molecule has 1 amide bonds. The molecule has 0 aliphatic rings. The van der Waals surface area contributed by atoms with Crippen LogP contribution in [0.4, 0.5) is 4.79 Å². The van der Waals surface area contributed by atoms with Crippen molar-refractivity contribution in [2.75, 3.05) is 7.05 Å². The second-order valence-corrected chi connectivity index (χ2v) is 2.66. The summed E-state index contributed by atoms with van der Waals surface area (Å²) in [6.45, 7) is 3.34. The van der Waals surface area contributed by atoms with Gasteiger partial charge in [-0.15, -0.1) is 0 Å². The highest BCUT2D eigenvalue weighted by atomic mass is 16.6. The Morgan fingerprint density at radius 2 is 1.92 bits per heavy atom. The van der Waals surface area contributed by atoms with Gasteiger partial charge in [-0.25, -0.2) is 9.59 Å². The third kappa shape index (κ3) is 3.23. The zero-order valence-corrected chi connectivity index (χ0v) is 7.33. The SMILES string of the molecule is CNC(=O)OC(C(=O)O)C(C)C. The summed E-state index contributed by atoms with van der Waals surface area (Å²) >= 11 is 0. The Balaban J connectivity index is 4.14. The third-order valence-corrected chi connectivity index (χ3v) is 1.29. The van der Waals surface area contributed by atoms with Crippen molar-refractivity contribution in [2.45, 2.75) is 20.0 Å². The highest BCUT2D eigenvalue weighted by Gasteiger charge is 2.25. The molecule has 2 N–H and O–H groups in total. The molecule has 0 bridgehead atoms. The monoisotopic (exact) mass is 175 g/mol. The minimum Gasteiger partial charge on any atom is -0.478 e. The van der Waals surface area contributed by atoms with Crippen LogP contribution in [0.15, 0.2) is 0 Å². The summed E-state index contributed by atoms with van der Waals surface area (Å²) in [4.78, 5) is 21.1. The van der Waals surface area contributed by atoms with Crippen LogP contribution in [0, 0.1) is 5.92 Å². The molecule has 0 saturated carbocycles. The van der Waals surface area contributed by atoms with Crippen molar-refractivity contribution in [1.82, 2.24) is 5.32 Å². The van der Waals surface area contributed by atoms with E-state index in [1.807, 2.05) is 0 Å². The van der Waals surface area contributed by atoms with Gasteiger partial charge >= 0.3 is 12.1 Å². The minimum absolute atomic E-state index is 0.236. The first-order valence-corrected chi connectivity index (χ1v) is 3.60. The summed E-state index contributed by atoms with van der Waals surface area (Å²) in [5, 5.41) is 10.8. The van der Waals surface area contributed by atoms with Gasteiger partial charge < -0.3 is 15.2 Å².